The highest BCUT2D eigenvalue weighted by molar-refractivity contribution is 5.97. The molecule has 70 heavy (non-hydrogen) atoms. The highest BCUT2D eigenvalue weighted by Crippen LogP contribution is 2.41. The van der Waals surface area contributed by atoms with Gasteiger partial charge in [-0.3, -0.25) is 38.5 Å². The van der Waals surface area contributed by atoms with Gasteiger partial charge in [-0.15, -0.1) is 0 Å². The molecular formula is C50H63F2N9O9. The van der Waals surface area contributed by atoms with Crippen molar-refractivity contribution in [2.45, 2.75) is 110 Å². The summed E-state index contributed by atoms with van der Waals surface area (Å²) < 4.78 is 31.6. The molecule has 0 aliphatic carbocycles. The van der Waals surface area contributed by atoms with Crippen LogP contribution in [0.3, 0.4) is 0 Å². The van der Waals surface area contributed by atoms with Crippen LogP contribution in [0, 0.1) is 17.0 Å². The van der Waals surface area contributed by atoms with Gasteiger partial charge in [0.15, 0.2) is 0 Å². The zero-order valence-electron chi connectivity index (χ0n) is 40.2. The molecule has 0 unspecified atom stereocenters. The summed E-state index contributed by atoms with van der Waals surface area (Å²) in [5, 5.41) is 23.0. The van der Waals surface area contributed by atoms with E-state index in [9.17, 15) is 47.9 Å². The van der Waals surface area contributed by atoms with Crippen LogP contribution in [0.4, 0.5) is 8.78 Å². The Bertz CT molecular complexity index is 2480. The van der Waals surface area contributed by atoms with Crippen LogP contribution in [0.1, 0.15) is 90.1 Å². The number of ketones is 1. The Labute approximate surface area is 405 Å². The Kier molecular flexibility index (Phi) is 20.4. The fraction of sp³-hybridized carbons (Fsp3) is 0.420. The Morgan fingerprint density at radius 3 is 2.07 bits per heavy atom. The van der Waals surface area contributed by atoms with E-state index in [4.69, 9.17) is 5.73 Å². The molecule has 2 aromatic carbocycles. The van der Waals surface area contributed by atoms with E-state index in [0.29, 0.717) is 16.8 Å². The van der Waals surface area contributed by atoms with Gasteiger partial charge in [-0.2, -0.15) is 0 Å². The second-order valence-electron chi connectivity index (χ2n) is 18.1. The molecule has 4 aromatic rings. The van der Waals surface area contributed by atoms with Crippen LogP contribution in [0.25, 0.3) is 11.1 Å². The number of aromatic nitrogens is 2. The van der Waals surface area contributed by atoms with Crippen LogP contribution in [-0.2, 0) is 51.3 Å². The van der Waals surface area contributed by atoms with E-state index in [1.165, 1.54) is 38.1 Å². The third-order valence-corrected chi connectivity index (χ3v) is 11.2. The number of amides is 7. The standard InChI is InChI=1S/C50H63F2N9O9/c1-30(63)11-10-19-55-48(69)39(58-49(70)40(26-42(53)64)59-47(68)32(3)57-46(67)31(2)56-43(65)23-33-16-20-54-21-17-33)18-22-61(44(66)29-62)45(50(4,5)6)41-24-35(37-25-36(51)14-15-38(37)52)28-60(41)27-34-12-8-7-9-13-34/h7-9,12-17,20-21,24-25,28,31-32,39-40,45,62H,10-11,18-19,22-23,26-27,29H2,1-6H3,(H2,53,64)(H,55,69)(H,56,65)(H,57,67)(H,58,70)(H,59,68)/t31-,32+,39-,40-,45-/m0/s1. The van der Waals surface area contributed by atoms with Crippen LogP contribution in [0.15, 0.2) is 85.3 Å². The lowest BCUT2D eigenvalue weighted by molar-refractivity contribution is -0.140. The zero-order chi connectivity index (χ0) is 51.7. The SMILES string of the molecule is CC(=O)CCCNC(=O)[C@H](CCN(C(=O)CO)[C@@H](c1cc(-c2cc(F)ccc2F)cn1Cc1ccccc1)C(C)(C)C)NC(=O)[C@H](CC(N)=O)NC(=O)[C@@H](C)NC(=O)[C@H](C)NC(=O)Cc1ccncc1. The number of carbonyl (C=O) groups is 8. The van der Waals surface area contributed by atoms with Crippen molar-refractivity contribution in [2.75, 3.05) is 19.7 Å². The molecule has 4 rings (SSSR count). The van der Waals surface area contributed by atoms with Crippen molar-refractivity contribution in [1.82, 2.24) is 41.0 Å². The quantitative estimate of drug-likeness (QED) is 0.0478. The van der Waals surface area contributed by atoms with Crippen molar-refractivity contribution >= 4 is 47.1 Å². The molecule has 376 valence electrons. The van der Waals surface area contributed by atoms with Gasteiger partial charge in [0.25, 0.3) is 0 Å². The minimum atomic E-state index is -1.67. The van der Waals surface area contributed by atoms with E-state index in [1.807, 2.05) is 51.1 Å². The normalized spacial score (nSPS) is 13.4. The lowest BCUT2D eigenvalue weighted by Gasteiger charge is -2.41. The van der Waals surface area contributed by atoms with Crippen LogP contribution < -0.4 is 32.3 Å². The summed E-state index contributed by atoms with van der Waals surface area (Å²) in [6.07, 6.45) is 4.00. The largest absolute Gasteiger partial charge is 0.387 e. The van der Waals surface area contributed by atoms with Gasteiger partial charge in [-0.1, -0.05) is 51.1 Å². The van der Waals surface area contributed by atoms with Crippen LogP contribution in [0.5, 0.6) is 0 Å². The Morgan fingerprint density at radius 2 is 1.44 bits per heavy atom. The van der Waals surface area contributed by atoms with Crippen LogP contribution in [-0.4, -0.2) is 111 Å². The number of pyridine rings is 1. The minimum Gasteiger partial charge on any atom is -0.387 e. The van der Waals surface area contributed by atoms with Gasteiger partial charge >= 0.3 is 0 Å². The highest BCUT2D eigenvalue weighted by Gasteiger charge is 2.38. The Balaban J connectivity index is 1.63. The molecule has 0 bridgehead atoms. The number of Topliss-reactive ketones (excluding diaryl/α,β-unsaturated/α-hetero) is 1. The first-order valence-corrected chi connectivity index (χ1v) is 22.8. The molecule has 0 spiro atoms. The zero-order valence-corrected chi connectivity index (χ0v) is 40.2. The molecule has 0 aliphatic heterocycles. The number of benzene rings is 2. The number of nitrogens with zero attached hydrogens (tertiary/aromatic N) is 3. The number of primary amides is 1. The van der Waals surface area contributed by atoms with Gasteiger partial charge in [0.1, 0.15) is 48.2 Å². The van der Waals surface area contributed by atoms with Crippen molar-refractivity contribution in [1.29, 1.82) is 0 Å². The summed E-state index contributed by atoms with van der Waals surface area (Å²) in [4.78, 5) is 110. The summed E-state index contributed by atoms with van der Waals surface area (Å²) >= 11 is 0. The molecule has 18 nitrogen and oxygen atoms in total. The first-order chi connectivity index (χ1) is 33.1. The lowest BCUT2D eigenvalue weighted by atomic mass is 9.82. The van der Waals surface area contributed by atoms with Crippen molar-refractivity contribution in [2.24, 2.45) is 11.1 Å². The summed E-state index contributed by atoms with van der Waals surface area (Å²) in [7, 11) is 0. The second kappa shape index (κ2) is 25.9. The van der Waals surface area contributed by atoms with E-state index >= 15 is 4.39 Å². The maximum atomic E-state index is 15.3. The van der Waals surface area contributed by atoms with E-state index < -0.39 is 102 Å². The molecule has 20 heteroatoms. The number of aliphatic hydroxyl groups excluding tert-OH is 1. The number of aliphatic hydroxyl groups is 1. The van der Waals surface area contributed by atoms with Crippen LogP contribution in [0.2, 0.25) is 0 Å². The van der Waals surface area contributed by atoms with Crippen LogP contribution >= 0.6 is 0 Å². The molecule has 0 radical (unpaired) electrons. The summed E-state index contributed by atoms with van der Waals surface area (Å²) in [5.74, 6) is -7.15. The first kappa shape index (κ1) is 55.2. The van der Waals surface area contributed by atoms with Gasteiger partial charge in [0, 0.05) is 61.5 Å². The molecule has 2 aromatic heterocycles. The average Bonchev–Trinajstić information content (AvgIpc) is 3.70. The van der Waals surface area contributed by atoms with E-state index in [0.717, 1.165) is 23.8 Å². The number of nitrogens with one attached hydrogen (secondary N) is 5. The van der Waals surface area contributed by atoms with E-state index in [1.54, 1.807) is 29.0 Å². The monoisotopic (exact) mass is 971 g/mol. The molecule has 2 heterocycles. The molecule has 7 amide bonds. The third-order valence-electron chi connectivity index (χ3n) is 11.2. The Hall–Kier alpha value is -7.35. The molecule has 0 saturated heterocycles. The van der Waals surface area contributed by atoms with Crippen molar-refractivity contribution in [3.05, 3.63) is 114 Å². The molecule has 8 N–H and O–H groups in total. The van der Waals surface area contributed by atoms with Crippen molar-refractivity contribution in [3.63, 3.8) is 0 Å². The second-order valence-corrected chi connectivity index (χ2v) is 18.1. The highest BCUT2D eigenvalue weighted by atomic mass is 19.1. The topological polar surface area (TPSA) is 264 Å². The van der Waals surface area contributed by atoms with Gasteiger partial charge in [0.05, 0.1) is 18.9 Å². The number of rotatable bonds is 25. The number of nitrogens with two attached hydrogens (primary N) is 1. The number of hydrogen-bond acceptors (Lipinski definition) is 10. The van der Waals surface area contributed by atoms with Gasteiger partial charge in [-0.05, 0) is 86.6 Å². The minimum absolute atomic E-state index is 0.0162. The van der Waals surface area contributed by atoms with Crippen molar-refractivity contribution < 1.29 is 52.2 Å². The maximum absolute atomic E-state index is 15.3. The number of hydrogen-bond donors (Lipinski definition) is 7. The predicted octanol–water partition coefficient (Wildman–Crippen LogP) is 2.76. The molecule has 0 aliphatic rings. The Morgan fingerprint density at radius 1 is 0.800 bits per heavy atom. The predicted molar refractivity (Wildman–Crippen MR) is 255 cm³/mol. The third kappa shape index (κ3) is 16.7. The fourth-order valence-electron chi connectivity index (χ4n) is 7.74. The van der Waals surface area contributed by atoms with Gasteiger partial charge < -0.3 is 51.7 Å². The smallest absolute Gasteiger partial charge is 0.248 e. The van der Waals surface area contributed by atoms with E-state index in [2.05, 4.69) is 31.6 Å². The van der Waals surface area contributed by atoms with Crippen molar-refractivity contribution in [3.8, 4) is 11.1 Å². The molecule has 0 fully saturated rings. The summed E-state index contributed by atoms with van der Waals surface area (Å²) in [6, 6.07) is 10.8. The lowest BCUT2D eigenvalue weighted by Crippen LogP contribution is -2.58. The fourth-order valence-corrected chi connectivity index (χ4v) is 7.74. The summed E-state index contributed by atoms with van der Waals surface area (Å²) in [5.41, 5.74) is 6.90. The molecular weight excluding hydrogens is 909 g/mol. The molecule has 0 saturated carbocycles. The van der Waals surface area contributed by atoms with E-state index in [-0.39, 0.29) is 56.7 Å². The average molecular weight is 972 g/mol. The first-order valence-electron chi connectivity index (χ1n) is 22.8. The number of halogens is 2. The number of carbonyl (C=O) groups excluding carboxylic acids is 8. The van der Waals surface area contributed by atoms with Gasteiger partial charge in [0.2, 0.25) is 41.4 Å². The van der Waals surface area contributed by atoms with Gasteiger partial charge in [-0.25, -0.2) is 8.78 Å². The molecule has 5 atom stereocenters. The maximum Gasteiger partial charge on any atom is 0.248 e. The summed E-state index contributed by atoms with van der Waals surface area (Å²) in [6.45, 7) is 8.60.